The molecule has 0 amide bonds. The smallest absolute Gasteiger partial charge is 0.395 e. The summed E-state index contributed by atoms with van der Waals surface area (Å²) < 4.78 is 35.8. The number of nitrogen functional groups attached to an aromatic ring is 1. The first kappa shape index (κ1) is 20.1. The summed E-state index contributed by atoms with van der Waals surface area (Å²) >= 11 is 0. The predicted molar refractivity (Wildman–Crippen MR) is 125 cm³/mol. The van der Waals surface area contributed by atoms with Crippen LogP contribution in [-0.4, -0.2) is 21.2 Å². The minimum absolute atomic E-state index is 0.0126. The molecule has 6 rings (SSSR count). The van der Waals surface area contributed by atoms with Crippen molar-refractivity contribution in [3.8, 4) is 22.6 Å². The third-order valence-electron chi connectivity index (χ3n) is 5.70. The van der Waals surface area contributed by atoms with Gasteiger partial charge in [-0.15, -0.1) is 8.78 Å². The van der Waals surface area contributed by atoms with Crippen molar-refractivity contribution in [3.63, 3.8) is 0 Å². The molecule has 9 heteroatoms. The van der Waals surface area contributed by atoms with Crippen molar-refractivity contribution in [2.75, 3.05) is 11.1 Å². The van der Waals surface area contributed by atoms with Crippen molar-refractivity contribution >= 4 is 39.1 Å². The molecule has 0 unspecified atom stereocenters. The molecule has 0 radical (unpaired) electrons. The number of rotatable bonds is 3. The fourth-order valence-corrected chi connectivity index (χ4v) is 4.21. The molecule has 5 aromatic rings. The molecule has 3 N–H and O–H groups in total. The standard InChI is InChI=1S/C25H17F2N5O2/c1-13-2-5-18-17(22(13)14-3-6-19-15(10-14)12-30-24(28)32-19)8-9-29-23(18)31-16-4-7-20-21(11-16)34-25(26,27)33-20/h2-12H,1H3,(H,29,31)(H2,28,30,32). The number of nitrogens with two attached hydrogens (primary N) is 1. The fourth-order valence-electron chi connectivity index (χ4n) is 4.21. The van der Waals surface area contributed by atoms with Gasteiger partial charge in [0.15, 0.2) is 11.5 Å². The summed E-state index contributed by atoms with van der Waals surface area (Å²) in [6, 6.07) is 16.4. The topological polar surface area (TPSA) is 95.2 Å². The first-order chi connectivity index (χ1) is 16.4. The van der Waals surface area contributed by atoms with Gasteiger partial charge in [-0.3, -0.25) is 0 Å². The van der Waals surface area contributed by atoms with E-state index < -0.39 is 6.29 Å². The number of nitrogens with one attached hydrogen (secondary N) is 1. The number of hydrogen-bond donors (Lipinski definition) is 2. The largest absolute Gasteiger partial charge is 0.586 e. The summed E-state index contributed by atoms with van der Waals surface area (Å²) in [6.45, 7) is 2.05. The number of pyridine rings is 1. The normalized spacial score (nSPS) is 14.0. The maximum absolute atomic E-state index is 13.4. The lowest BCUT2D eigenvalue weighted by Gasteiger charge is -2.15. The van der Waals surface area contributed by atoms with E-state index in [4.69, 9.17) is 5.73 Å². The number of aryl methyl sites for hydroxylation is 1. The van der Waals surface area contributed by atoms with Crippen molar-refractivity contribution in [2.24, 2.45) is 0 Å². The van der Waals surface area contributed by atoms with Crippen LogP contribution in [0.3, 0.4) is 0 Å². The molecule has 2 aromatic heterocycles. The number of ether oxygens (including phenoxy) is 2. The van der Waals surface area contributed by atoms with Crippen LogP contribution in [0.5, 0.6) is 11.5 Å². The molecule has 1 aliphatic rings. The van der Waals surface area contributed by atoms with Crippen LogP contribution in [0.15, 0.2) is 67.0 Å². The van der Waals surface area contributed by atoms with Crippen LogP contribution in [-0.2, 0) is 0 Å². The maximum atomic E-state index is 13.4. The van der Waals surface area contributed by atoms with E-state index in [9.17, 15) is 8.78 Å². The quantitative estimate of drug-likeness (QED) is 0.353. The SMILES string of the molecule is Cc1ccc2c(Nc3ccc4c(c3)OC(F)(F)O4)nccc2c1-c1ccc2nc(N)ncc2c1. The predicted octanol–water partition coefficient (Wildman–Crippen LogP) is 5.80. The van der Waals surface area contributed by atoms with E-state index in [2.05, 4.69) is 29.7 Å². The summed E-state index contributed by atoms with van der Waals surface area (Å²) in [5.41, 5.74) is 10.2. The second kappa shape index (κ2) is 7.24. The summed E-state index contributed by atoms with van der Waals surface area (Å²) in [6.07, 6.45) is -0.249. The van der Waals surface area contributed by atoms with E-state index in [0.717, 1.165) is 38.4 Å². The number of alkyl halides is 2. The van der Waals surface area contributed by atoms with Crippen LogP contribution >= 0.6 is 0 Å². The van der Waals surface area contributed by atoms with Crippen LogP contribution in [0, 0.1) is 6.92 Å². The Hall–Kier alpha value is -4.53. The van der Waals surface area contributed by atoms with Crippen molar-refractivity contribution in [3.05, 3.63) is 72.6 Å². The van der Waals surface area contributed by atoms with Gasteiger partial charge in [0.25, 0.3) is 0 Å². The third kappa shape index (κ3) is 3.38. The highest BCUT2D eigenvalue weighted by atomic mass is 19.3. The molecular weight excluding hydrogens is 440 g/mol. The van der Waals surface area contributed by atoms with Crippen molar-refractivity contribution in [1.82, 2.24) is 15.0 Å². The lowest BCUT2D eigenvalue weighted by molar-refractivity contribution is -0.286. The molecule has 168 valence electrons. The Kier molecular flexibility index (Phi) is 4.28. The van der Waals surface area contributed by atoms with E-state index in [-0.39, 0.29) is 17.4 Å². The average molecular weight is 457 g/mol. The summed E-state index contributed by atoms with van der Waals surface area (Å²) in [5.74, 6) is 0.768. The third-order valence-corrected chi connectivity index (χ3v) is 5.70. The number of benzene rings is 3. The molecule has 0 spiro atoms. The molecule has 34 heavy (non-hydrogen) atoms. The fraction of sp³-hybridized carbons (Fsp3) is 0.0800. The minimum atomic E-state index is -3.66. The molecule has 0 fully saturated rings. The van der Waals surface area contributed by atoms with Crippen LogP contribution < -0.4 is 20.5 Å². The maximum Gasteiger partial charge on any atom is 0.586 e. The van der Waals surface area contributed by atoms with Crippen LogP contribution in [0.2, 0.25) is 0 Å². The van der Waals surface area contributed by atoms with Gasteiger partial charge in [0.05, 0.1) is 5.52 Å². The minimum Gasteiger partial charge on any atom is -0.395 e. The van der Waals surface area contributed by atoms with Crippen LogP contribution in [0.4, 0.5) is 26.2 Å². The van der Waals surface area contributed by atoms with E-state index in [1.807, 2.05) is 43.3 Å². The molecule has 3 aromatic carbocycles. The highest BCUT2D eigenvalue weighted by Crippen LogP contribution is 2.43. The zero-order valence-corrected chi connectivity index (χ0v) is 17.8. The van der Waals surface area contributed by atoms with Gasteiger partial charge in [0.2, 0.25) is 5.95 Å². The van der Waals surface area contributed by atoms with Crippen molar-refractivity contribution < 1.29 is 18.3 Å². The summed E-state index contributed by atoms with van der Waals surface area (Å²) in [7, 11) is 0. The molecule has 1 aliphatic heterocycles. The highest BCUT2D eigenvalue weighted by Gasteiger charge is 2.43. The van der Waals surface area contributed by atoms with Crippen molar-refractivity contribution in [1.29, 1.82) is 0 Å². The van der Waals surface area contributed by atoms with E-state index in [0.29, 0.717) is 11.5 Å². The Morgan fingerprint density at radius 3 is 2.65 bits per heavy atom. The number of hydrogen-bond acceptors (Lipinski definition) is 7. The van der Waals surface area contributed by atoms with Crippen molar-refractivity contribution in [2.45, 2.75) is 13.2 Å². The first-order valence-electron chi connectivity index (χ1n) is 10.4. The number of aromatic nitrogens is 3. The van der Waals surface area contributed by atoms with Gasteiger partial charge in [0, 0.05) is 34.9 Å². The molecular formula is C25H17F2N5O2. The Balaban J connectivity index is 1.43. The zero-order valence-electron chi connectivity index (χ0n) is 17.8. The van der Waals surface area contributed by atoms with Gasteiger partial charge in [-0.25, -0.2) is 15.0 Å². The first-order valence-corrected chi connectivity index (χ1v) is 10.4. The molecule has 0 aliphatic carbocycles. The second-order valence-corrected chi connectivity index (χ2v) is 7.97. The lowest BCUT2D eigenvalue weighted by Crippen LogP contribution is -2.25. The Labute approximate surface area is 192 Å². The van der Waals surface area contributed by atoms with Gasteiger partial charge in [0.1, 0.15) is 5.82 Å². The number of anilines is 3. The average Bonchev–Trinajstić information content (AvgIpc) is 3.12. The monoisotopic (exact) mass is 457 g/mol. The van der Waals surface area contributed by atoms with Gasteiger partial charge in [-0.05, 0) is 59.3 Å². The number of halogens is 2. The number of fused-ring (bicyclic) bond motifs is 3. The van der Waals surface area contributed by atoms with Crippen LogP contribution in [0.1, 0.15) is 5.56 Å². The Morgan fingerprint density at radius 2 is 1.76 bits per heavy atom. The van der Waals surface area contributed by atoms with E-state index in [1.165, 1.54) is 12.1 Å². The highest BCUT2D eigenvalue weighted by molar-refractivity contribution is 6.04. The Bertz CT molecular complexity index is 1610. The van der Waals surface area contributed by atoms with Gasteiger partial charge in [-0.1, -0.05) is 18.2 Å². The number of nitrogens with zero attached hydrogens (tertiary/aromatic N) is 3. The van der Waals surface area contributed by atoms with Gasteiger partial charge < -0.3 is 20.5 Å². The zero-order chi connectivity index (χ0) is 23.4. The molecule has 3 heterocycles. The molecule has 0 saturated carbocycles. The molecule has 0 saturated heterocycles. The van der Waals surface area contributed by atoms with E-state index >= 15 is 0 Å². The van der Waals surface area contributed by atoms with E-state index in [1.54, 1.807) is 18.5 Å². The molecule has 0 bridgehead atoms. The summed E-state index contributed by atoms with van der Waals surface area (Å²) in [5, 5.41) is 5.96. The lowest BCUT2D eigenvalue weighted by atomic mass is 9.94. The Morgan fingerprint density at radius 1 is 0.912 bits per heavy atom. The second-order valence-electron chi connectivity index (χ2n) is 7.97. The van der Waals surface area contributed by atoms with Crippen LogP contribution in [0.25, 0.3) is 32.8 Å². The molecule has 0 atom stereocenters. The van der Waals surface area contributed by atoms with Gasteiger partial charge >= 0.3 is 6.29 Å². The van der Waals surface area contributed by atoms with Gasteiger partial charge in [-0.2, -0.15) is 0 Å². The summed E-state index contributed by atoms with van der Waals surface area (Å²) in [4.78, 5) is 12.9. The molecule has 7 nitrogen and oxygen atoms in total.